The Morgan fingerprint density at radius 3 is 2.24 bits per heavy atom. The predicted octanol–water partition coefficient (Wildman–Crippen LogP) is 1.63. The number of aromatic amines is 1. The quantitative estimate of drug-likeness (QED) is 0.697. The fourth-order valence-electron chi connectivity index (χ4n) is 2.66. The maximum Gasteiger partial charge on any atom is 0.333 e. The lowest BCUT2D eigenvalue weighted by Crippen LogP contribution is -2.25. The molecule has 0 amide bonds. The summed E-state index contributed by atoms with van der Waals surface area (Å²) in [6.45, 7) is 0. The Balaban J connectivity index is 2.21. The van der Waals surface area contributed by atoms with E-state index < -0.39 is 11.6 Å². The van der Waals surface area contributed by atoms with E-state index in [1.165, 1.54) is 33.5 Å². The Bertz CT molecular complexity index is 994. The molecule has 1 aromatic heterocycles. The zero-order valence-corrected chi connectivity index (χ0v) is 14.0. The van der Waals surface area contributed by atoms with E-state index in [1.54, 1.807) is 18.2 Å². The number of carbonyl (C=O) groups is 1. The van der Waals surface area contributed by atoms with Gasteiger partial charge in [-0.15, -0.1) is 0 Å². The molecule has 1 heterocycles. The molecule has 25 heavy (non-hydrogen) atoms. The topological polar surface area (TPSA) is 109 Å². The number of nitrogens with one attached hydrogen (secondary N) is 1. The highest BCUT2D eigenvalue weighted by Crippen LogP contribution is 2.38. The SMILES string of the molecule is COc1cc(C(=O)n2c(=O)[nH]c3ccc(N)cc32)cc(OC)c1OC. The molecule has 2 aromatic carbocycles. The summed E-state index contributed by atoms with van der Waals surface area (Å²) in [4.78, 5) is 27.8. The van der Waals surface area contributed by atoms with Crippen molar-refractivity contribution in [1.82, 2.24) is 9.55 Å². The van der Waals surface area contributed by atoms with Gasteiger partial charge in [0.2, 0.25) is 5.75 Å². The molecule has 0 saturated heterocycles. The van der Waals surface area contributed by atoms with Crippen molar-refractivity contribution in [3.63, 3.8) is 0 Å². The first kappa shape index (κ1) is 16.4. The molecule has 3 N–H and O–H groups in total. The molecule has 0 radical (unpaired) electrons. The average Bonchev–Trinajstić information content (AvgIpc) is 2.94. The van der Waals surface area contributed by atoms with Crippen LogP contribution in [0.25, 0.3) is 11.0 Å². The standard InChI is InChI=1S/C17H17N3O5/c1-23-13-6-9(7-14(24-2)15(13)25-3)16(21)20-12-8-10(18)4-5-11(12)19-17(20)22/h4-8H,18H2,1-3H3,(H,19,22). The fourth-order valence-corrected chi connectivity index (χ4v) is 2.66. The number of carbonyl (C=O) groups excluding carboxylic acids is 1. The number of nitrogens with two attached hydrogens (primary N) is 1. The highest BCUT2D eigenvalue weighted by atomic mass is 16.5. The van der Waals surface area contributed by atoms with Gasteiger partial charge in [0.25, 0.3) is 5.91 Å². The minimum Gasteiger partial charge on any atom is -0.493 e. The molecular weight excluding hydrogens is 326 g/mol. The lowest BCUT2D eigenvalue weighted by Gasteiger charge is -2.13. The van der Waals surface area contributed by atoms with E-state index in [9.17, 15) is 9.59 Å². The number of hydrogen-bond donors (Lipinski definition) is 2. The Kier molecular flexibility index (Phi) is 4.10. The molecule has 130 valence electrons. The largest absolute Gasteiger partial charge is 0.493 e. The third-order valence-electron chi connectivity index (χ3n) is 3.82. The Morgan fingerprint density at radius 1 is 1.04 bits per heavy atom. The summed E-state index contributed by atoms with van der Waals surface area (Å²) in [6.07, 6.45) is 0. The van der Waals surface area contributed by atoms with Crippen LogP contribution in [0.4, 0.5) is 5.69 Å². The number of fused-ring (bicyclic) bond motifs is 1. The molecule has 0 fully saturated rings. The van der Waals surface area contributed by atoms with Crippen LogP contribution >= 0.6 is 0 Å². The number of hydrogen-bond acceptors (Lipinski definition) is 6. The number of imidazole rings is 1. The normalized spacial score (nSPS) is 10.7. The van der Waals surface area contributed by atoms with Gasteiger partial charge in [0, 0.05) is 11.3 Å². The number of nitrogens with zero attached hydrogens (tertiary/aromatic N) is 1. The summed E-state index contributed by atoms with van der Waals surface area (Å²) in [5.41, 5.74) is 6.77. The van der Waals surface area contributed by atoms with Crippen LogP contribution in [0.15, 0.2) is 35.1 Å². The Labute approximate surface area is 142 Å². The van der Waals surface area contributed by atoms with Gasteiger partial charge >= 0.3 is 5.69 Å². The number of aromatic nitrogens is 2. The number of benzene rings is 2. The van der Waals surface area contributed by atoms with Crippen molar-refractivity contribution in [2.24, 2.45) is 0 Å². The summed E-state index contributed by atoms with van der Waals surface area (Å²) in [7, 11) is 4.36. The summed E-state index contributed by atoms with van der Waals surface area (Å²) < 4.78 is 16.8. The monoisotopic (exact) mass is 343 g/mol. The fraction of sp³-hybridized carbons (Fsp3) is 0.176. The van der Waals surface area contributed by atoms with Crippen LogP contribution in [0.3, 0.4) is 0 Å². The number of rotatable bonds is 4. The first-order valence-electron chi connectivity index (χ1n) is 7.35. The zero-order chi connectivity index (χ0) is 18.1. The van der Waals surface area contributed by atoms with E-state index in [4.69, 9.17) is 19.9 Å². The van der Waals surface area contributed by atoms with Crippen molar-refractivity contribution in [1.29, 1.82) is 0 Å². The molecule has 0 saturated carbocycles. The van der Waals surface area contributed by atoms with Crippen LogP contribution in [-0.2, 0) is 0 Å². The molecule has 0 spiro atoms. The third-order valence-corrected chi connectivity index (χ3v) is 3.82. The molecule has 8 nitrogen and oxygen atoms in total. The minimum absolute atomic E-state index is 0.208. The van der Waals surface area contributed by atoms with Crippen molar-refractivity contribution in [2.75, 3.05) is 27.1 Å². The van der Waals surface area contributed by atoms with E-state index in [2.05, 4.69) is 4.98 Å². The molecule has 3 aromatic rings. The second-order valence-electron chi connectivity index (χ2n) is 5.26. The molecule has 0 atom stereocenters. The first-order valence-corrected chi connectivity index (χ1v) is 7.35. The second kappa shape index (κ2) is 6.23. The summed E-state index contributed by atoms with van der Waals surface area (Å²) in [6, 6.07) is 7.82. The summed E-state index contributed by atoms with van der Waals surface area (Å²) >= 11 is 0. The maximum absolute atomic E-state index is 12.9. The van der Waals surface area contributed by atoms with Crippen LogP contribution in [0.2, 0.25) is 0 Å². The number of H-pyrrole nitrogens is 1. The molecule has 0 unspecified atom stereocenters. The maximum atomic E-state index is 12.9. The number of nitrogen functional groups attached to an aromatic ring is 1. The van der Waals surface area contributed by atoms with Crippen LogP contribution in [0, 0.1) is 0 Å². The van der Waals surface area contributed by atoms with E-state index >= 15 is 0 Å². The molecule has 0 aliphatic carbocycles. The van der Waals surface area contributed by atoms with Crippen molar-refractivity contribution >= 4 is 22.6 Å². The van der Waals surface area contributed by atoms with Crippen LogP contribution < -0.4 is 25.6 Å². The predicted molar refractivity (Wildman–Crippen MR) is 92.8 cm³/mol. The minimum atomic E-state index is -0.556. The molecule has 0 aliphatic rings. The van der Waals surface area contributed by atoms with Crippen LogP contribution in [0.5, 0.6) is 17.2 Å². The van der Waals surface area contributed by atoms with Crippen molar-refractivity contribution in [2.45, 2.75) is 0 Å². The van der Waals surface area contributed by atoms with Gasteiger partial charge in [0.1, 0.15) is 0 Å². The van der Waals surface area contributed by atoms with E-state index in [0.717, 1.165) is 4.57 Å². The van der Waals surface area contributed by atoms with E-state index in [1.807, 2.05) is 0 Å². The lowest BCUT2D eigenvalue weighted by molar-refractivity contribution is 0.0960. The molecule has 3 rings (SSSR count). The van der Waals surface area contributed by atoms with Gasteiger partial charge in [-0.25, -0.2) is 9.36 Å². The van der Waals surface area contributed by atoms with Crippen molar-refractivity contribution in [3.05, 3.63) is 46.4 Å². The zero-order valence-electron chi connectivity index (χ0n) is 14.0. The highest BCUT2D eigenvalue weighted by Gasteiger charge is 2.21. The van der Waals surface area contributed by atoms with Crippen LogP contribution in [0.1, 0.15) is 10.4 Å². The van der Waals surface area contributed by atoms with Gasteiger partial charge in [-0.2, -0.15) is 0 Å². The molecular formula is C17H17N3O5. The number of anilines is 1. The Hall–Kier alpha value is -3.42. The van der Waals surface area contributed by atoms with Gasteiger partial charge < -0.3 is 24.9 Å². The Morgan fingerprint density at radius 2 is 1.68 bits per heavy atom. The van der Waals surface area contributed by atoms with Gasteiger partial charge in [-0.1, -0.05) is 0 Å². The van der Waals surface area contributed by atoms with Crippen molar-refractivity contribution < 1.29 is 19.0 Å². The first-order chi connectivity index (χ1) is 12.0. The smallest absolute Gasteiger partial charge is 0.333 e. The lowest BCUT2D eigenvalue weighted by atomic mass is 10.1. The highest BCUT2D eigenvalue weighted by molar-refractivity contribution is 6.02. The number of methoxy groups -OCH3 is 3. The molecule has 0 aliphatic heterocycles. The summed E-state index contributed by atoms with van der Waals surface area (Å²) in [5.74, 6) is 0.452. The van der Waals surface area contributed by atoms with Gasteiger partial charge in [0.15, 0.2) is 11.5 Å². The molecule has 8 heteroatoms. The van der Waals surface area contributed by atoms with Gasteiger partial charge in [-0.3, -0.25) is 4.79 Å². The van der Waals surface area contributed by atoms with E-state index in [-0.39, 0.29) is 5.56 Å². The summed E-state index contributed by atoms with van der Waals surface area (Å²) in [5, 5.41) is 0. The van der Waals surface area contributed by atoms with E-state index in [0.29, 0.717) is 34.0 Å². The molecule has 0 bridgehead atoms. The average molecular weight is 343 g/mol. The second-order valence-corrected chi connectivity index (χ2v) is 5.26. The van der Waals surface area contributed by atoms with Gasteiger partial charge in [-0.05, 0) is 30.3 Å². The number of ether oxygens (including phenoxy) is 3. The third kappa shape index (κ3) is 2.67. The van der Waals surface area contributed by atoms with Crippen LogP contribution in [-0.4, -0.2) is 36.8 Å². The van der Waals surface area contributed by atoms with Gasteiger partial charge in [0.05, 0.1) is 32.4 Å². The van der Waals surface area contributed by atoms with Crippen molar-refractivity contribution in [3.8, 4) is 17.2 Å².